The molecule has 1 N–H and O–H groups in total. The zero-order valence-corrected chi connectivity index (χ0v) is 26.1. The van der Waals surface area contributed by atoms with E-state index in [0.717, 1.165) is 42.9 Å². The number of anilines is 1. The summed E-state index contributed by atoms with van der Waals surface area (Å²) in [6, 6.07) is 9.99. The lowest BCUT2D eigenvalue weighted by atomic mass is 9.87. The third-order valence-electron chi connectivity index (χ3n) is 8.69. The van der Waals surface area contributed by atoms with Crippen molar-refractivity contribution in [3.05, 3.63) is 64.6 Å². The number of Topliss-reactive ketones (excluding diaryl/α,β-unsaturated/α-hetero) is 1. The van der Waals surface area contributed by atoms with Gasteiger partial charge < -0.3 is 24.1 Å². The third-order valence-corrected chi connectivity index (χ3v) is 9.00. The number of likely N-dealkylation sites (tertiary alicyclic amines) is 1. The number of benzene rings is 2. The molecule has 1 saturated carbocycles. The number of ketones is 1. The molecular formula is C33H39ClFN3O6. The van der Waals surface area contributed by atoms with Crippen LogP contribution >= 0.6 is 11.6 Å². The number of nitrogens with one attached hydrogen (secondary N) is 1. The van der Waals surface area contributed by atoms with Crippen LogP contribution in [0.3, 0.4) is 0 Å². The van der Waals surface area contributed by atoms with Crippen LogP contribution in [0.1, 0.15) is 61.4 Å². The number of aryl methyl sites for hydroxylation is 1. The van der Waals surface area contributed by atoms with E-state index in [1.54, 1.807) is 6.20 Å². The quantitative estimate of drug-likeness (QED) is 0.210. The van der Waals surface area contributed by atoms with Crippen molar-refractivity contribution >= 4 is 45.9 Å². The number of aromatic nitrogens is 1. The maximum Gasteiger partial charge on any atom is 0.308 e. The van der Waals surface area contributed by atoms with Gasteiger partial charge in [-0.1, -0.05) is 29.8 Å². The highest BCUT2D eigenvalue weighted by Crippen LogP contribution is 2.33. The van der Waals surface area contributed by atoms with Crippen molar-refractivity contribution in [3.8, 4) is 0 Å². The minimum atomic E-state index is -1.12. The molecule has 2 heterocycles. The number of nitrogens with zero attached hydrogens (tertiary/aromatic N) is 2. The van der Waals surface area contributed by atoms with Gasteiger partial charge in [0, 0.05) is 50.6 Å². The molecule has 1 aromatic heterocycles. The van der Waals surface area contributed by atoms with Gasteiger partial charge in [-0.3, -0.25) is 19.3 Å². The molecule has 3 aromatic rings. The lowest BCUT2D eigenvalue weighted by molar-refractivity contribution is -0.320. The molecule has 9 nitrogen and oxygen atoms in total. The van der Waals surface area contributed by atoms with Crippen LogP contribution in [0.5, 0.6) is 0 Å². The van der Waals surface area contributed by atoms with Crippen LogP contribution in [-0.2, 0) is 37.3 Å². The van der Waals surface area contributed by atoms with Gasteiger partial charge in [0.05, 0.1) is 35.4 Å². The van der Waals surface area contributed by atoms with Gasteiger partial charge >= 0.3 is 5.97 Å². The minimum Gasteiger partial charge on any atom is -0.469 e. The Labute approximate surface area is 261 Å². The van der Waals surface area contributed by atoms with Crippen molar-refractivity contribution in [1.29, 1.82) is 0 Å². The largest absolute Gasteiger partial charge is 0.469 e. The van der Waals surface area contributed by atoms with Gasteiger partial charge in [0.2, 0.25) is 5.91 Å². The number of hydrogen-bond acceptors (Lipinski definition) is 7. The zero-order chi connectivity index (χ0) is 31.4. The first-order valence-electron chi connectivity index (χ1n) is 15.1. The predicted octanol–water partition coefficient (Wildman–Crippen LogP) is 5.87. The van der Waals surface area contributed by atoms with Crippen molar-refractivity contribution in [2.24, 2.45) is 13.0 Å². The molecule has 0 bridgehead atoms. The summed E-state index contributed by atoms with van der Waals surface area (Å²) in [4.78, 5) is 40.1. The van der Waals surface area contributed by atoms with Crippen LogP contribution in [0.2, 0.25) is 5.02 Å². The van der Waals surface area contributed by atoms with E-state index in [2.05, 4.69) is 10.2 Å². The molecule has 2 fully saturated rings. The van der Waals surface area contributed by atoms with E-state index in [9.17, 15) is 14.4 Å². The van der Waals surface area contributed by atoms with E-state index in [4.69, 9.17) is 25.8 Å². The van der Waals surface area contributed by atoms with E-state index in [1.807, 2.05) is 42.8 Å². The summed E-state index contributed by atoms with van der Waals surface area (Å²) in [7, 11) is 3.25. The number of hydrogen-bond donors (Lipinski definition) is 1. The van der Waals surface area contributed by atoms with Gasteiger partial charge in [-0.2, -0.15) is 0 Å². The molecule has 11 heteroatoms. The summed E-state index contributed by atoms with van der Waals surface area (Å²) in [5.74, 6) is -2.85. The average Bonchev–Trinajstić information content (AvgIpc) is 3.68. The molecule has 1 atom stereocenters. The van der Waals surface area contributed by atoms with E-state index in [0.29, 0.717) is 31.2 Å². The molecule has 0 radical (unpaired) electrons. The second kappa shape index (κ2) is 13.8. The van der Waals surface area contributed by atoms with Crippen molar-refractivity contribution in [1.82, 2.24) is 9.47 Å². The number of fused-ring (bicyclic) bond motifs is 1. The molecule has 5 rings (SSSR count). The van der Waals surface area contributed by atoms with Gasteiger partial charge in [0.1, 0.15) is 12.4 Å². The number of para-hydroxylation sites is 1. The number of carbonyl (C=O) groups excluding carboxylic acids is 3. The van der Waals surface area contributed by atoms with Gasteiger partial charge in [0.25, 0.3) is 5.91 Å². The minimum absolute atomic E-state index is 0.108. The number of amides is 1. The Kier molecular flexibility index (Phi) is 10.0. The van der Waals surface area contributed by atoms with Crippen LogP contribution in [0.4, 0.5) is 10.1 Å². The van der Waals surface area contributed by atoms with E-state index in [1.165, 1.54) is 13.2 Å². The summed E-state index contributed by atoms with van der Waals surface area (Å²) in [5.41, 5.74) is 1.56. The van der Waals surface area contributed by atoms with E-state index in [-0.39, 0.29) is 53.1 Å². The number of rotatable bonds is 11. The summed E-state index contributed by atoms with van der Waals surface area (Å²) in [6.07, 6.45) is 6.07. The van der Waals surface area contributed by atoms with E-state index < -0.39 is 17.6 Å². The van der Waals surface area contributed by atoms with Crippen molar-refractivity contribution in [2.45, 2.75) is 63.9 Å². The van der Waals surface area contributed by atoms with Crippen molar-refractivity contribution < 1.29 is 33.0 Å². The first-order valence-corrected chi connectivity index (χ1v) is 15.5. The fourth-order valence-corrected chi connectivity index (χ4v) is 6.46. The maximum absolute atomic E-state index is 15.2. The second-order valence-electron chi connectivity index (χ2n) is 11.8. The Bertz CT molecular complexity index is 1530. The van der Waals surface area contributed by atoms with E-state index >= 15 is 4.39 Å². The van der Waals surface area contributed by atoms with Gasteiger partial charge in [0.15, 0.2) is 5.78 Å². The van der Waals surface area contributed by atoms with Crippen LogP contribution in [0.15, 0.2) is 42.6 Å². The molecule has 1 aliphatic heterocycles. The Morgan fingerprint density at radius 2 is 1.80 bits per heavy atom. The smallest absolute Gasteiger partial charge is 0.308 e. The monoisotopic (exact) mass is 627 g/mol. The van der Waals surface area contributed by atoms with Gasteiger partial charge in [-0.05, 0) is 62.3 Å². The summed E-state index contributed by atoms with van der Waals surface area (Å²) in [6.45, 7) is 3.10. The molecule has 2 aliphatic rings. The summed E-state index contributed by atoms with van der Waals surface area (Å²) in [5, 5.41) is 3.59. The summed E-state index contributed by atoms with van der Waals surface area (Å²) >= 11 is 6.44. The lowest BCUT2D eigenvalue weighted by Crippen LogP contribution is -2.52. The molecule has 1 amide bonds. The van der Waals surface area contributed by atoms with Crippen molar-refractivity contribution in [3.63, 3.8) is 0 Å². The Balaban J connectivity index is 1.21. The topological polar surface area (TPSA) is 99.1 Å². The predicted molar refractivity (Wildman–Crippen MR) is 165 cm³/mol. The number of methoxy groups -OCH3 is 1. The van der Waals surface area contributed by atoms with Crippen molar-refractivity contribution in [2.75, 3.05) is 32.1 Å². The van der Waals surface area contributed by atoms with Crippen LogP contribution in [0, 0.1) is 11.7 Å². The third kappa shape index (κ3) is 7.15. The average molecular weight is 628 g/mol. The SMILES string of the molecule is COC(=O)[C@H]1CC[C@H](OC(C)(OCC(=O)Cc2cc(Cl)c(NC(=O)c3cn(C)c4ccccc34)cc2F)N2CCCC2)CC1. The highest BCUT2D eigenvalue weighted by Gasteiger charge is 2.40. The fourth-order valence-electron chi connectivity index (χ4n) is 6.22. The van der Waals surface area contributed by atoms with Gasteiger partial charge in [-0.15, -0.1) is 0 Å². The molecule has 1 unspecified atom stereocenters. The Hall–Kier alpha value is -3.31. The summed E-state index contributed by atoms with van der Waals surface area (Å²) < 4.78 is 34.5. The lowest BCUT2D eigenvalue weighted by Gasteiger charge is -2.41. The van der Waals surface area contributed by atoms with Crippen LogP contribution < -0.4 is 5.32 Å². The van der Waals surface area contributed by atoms with Crippen LogP contribution in [0.25, 0.3) is 10.9 Å². The molecule has 44 heavy (non-hydrogen) atoms. The second-order valence-corrected chi connectivity index (χ2v) is 12.2. The number of halogens is 2. The Morgan fingerprint density at radius 1 is 1.09 bits per heavy atom. The Morgan fingerprint density at radius 3 is 2.50 bits per heavy atom. The molecule has 2 aromatic carbocycles. The maximum atomic E-state index is 15.2. The fraction of sp³-hybridized carbons (Fsp3) is 0.485. The molecule has 1 saturated heterocycles. The highest BCUT2D eigenvalue weighted by molar-refractivity contribution is 6.34. The van der Waals surface area contributed by atoms with Gasteiger partial charge in [-0.25, -0.2) is 4.39 Å². The van der Waals surface area contributed by atoms with Crippen LogP contribution in [-0.4, -0.2) is 65.9 Å². The first kappa shape index (κ1) is 32.1. The number of ether oxygens (including phenoxy) is 3. The standard InChI is InChI=1S/C33H39ClFN3O6/c1-33(38-14-6-7-15-38,44-24-12-10-21(11-13-24)32(41)42-3)43-20-23(39)16-22-17-27(34)29(18-28(22)35)36-31(40)26-19-37(2)30-9-5-4-8-25(26)30/h4-5,8-9,17-19,21,24H,6-7,10-16,20H2,1-3H3,(H,36,40)/t21-,24-,33?. The molecule has 1 aliphatic carbocycles. The molecular weight excluding hydrogens is 589 g/mol. The number of carbonyl (C=O) groups is 3. The number of esters is 1. The first-order chi connectivity index (χ1) is 21.1. The zero-order valence-electron chi connectivity index (χ0n) is 25.4. The normalized spacial score (nSPS) is 20.4. The molecule has 236 valence electrons. The molecule has 0 spiro atoms. The highest BCUT2D eigenvalue weighted by atomic mass is 35.5.